The van der Waals surface area contributed by atoms with Crippen LogP contribution in [0.5, 0.6) is 0 Å². The van der Waals surface area contributed by atoms with Crippen molar-refractivity contribution in [3.8, 4) is 0 Å². The van der Waals surface area contributed by atoms with Gasteiger partial charge in [-0.15, -0.1) is 0 Å². The lowest BCUT2D eigenvalue weighted by molar-refractivity contribution is -0.193. The van der Waals surface area contributed by atoms with E-state index in [1.807, 2.05) is 24.3 Å². The van der Waals surface area contributed by atoms with Crippen LogP contribution >= 0.6 is 0 Å². The van der Waals surface area contributed by atoms with Gasteiger partial charge in [0.05, 0.1) is 38.2 Å². The average molecular weight is 542 g/mol. The molecular weight excluding hydrogens is 518 g/mol. The van der Waals surface area contributed by atoms with Crippen molar-refractivity contribution in [2.45, 2.75) is 56.6 Å². The Morgan fingerprint density at radius 2 is 1.62 bits per heavy atom. The Labute approximate surface area is 206 Å². The lowest BCUT2D eigenvalue weighted by atomic mass is 10.1. The number of furan rings is 1. The minimum absolute atomic E-state index is 0.167. The number of aromatic nitrogens is 1. The van der Waals surface area contributed by atoms with Crippen molar-refractivity contribution in [2.24, 2.45) is 0 Å². The second-order valence-corrected chi connectivity index (χ2v) is 7.84. The highest BCUT2D eigenvalue weighted by Crippen LogP contribution is 2.33. The van der Waals surface area contributed by atoms with Crippen molar-refractivity contribution in [1.82, 2.24) is 9.88 Å². The Hall–Kier alpha value is -3.17. The van der Waals surface area contributed by atoms with Crippen LogP contribution in [0.25, 0.3) is 0 Å². The van der Waals surface area contributed by atoms with Gasteiger partial charge in [-0.05, 0) is 42.7 Å². The largest absolute Gasteiger partial charge is 0.490 e. The minimum Gasteiger partial charge on any atom is -0.475 e. The van der Waals surface area contributed by atoms with E-state index in [1.54, 1.807) is 18.7 Å². The van der Waals surface area contributed by atoms with Gasteiger partial charge in [0, 0.05) is 25.0 Å². The number of nitrogens with zero attached hydrogens (tertiary/aromatic N) is 2. The summed E-state index contributed by atoms with van der Waals surface area (Å²) in [5.74, 6) is -4.49. The van der Waals surface area contributed by atoms with E-state index in [0.717, 1.165) is 43.9 Å². The molecule has 1 saturated heterocycles. The molecule has 0 spiro atoms. The first-order valence-electron chi connectivity index (χ1n) is 10.8. The SMILES string of the molecule is O=C(O)C(F)(F)F.O=C(O)C(F)(F)F.c1coc(CN2CCO[C@H]3[C@H](OCc4ccncc4)CC[C@@H]32)c1. The Kier molecular flexibility index (Phi) is 10.9. The highest BCUT2D eigenvalue weighted by molar-refractivity contribution is 5.73. The molecular formula is C22H24F6N2O7. The number of fused-ring (bicyclic) bond motifs is 1. The molecule has 1 saturated carbocycles. The fourth-order valence-electron chi connectivity index (χ4n) is 3.65. The summed E-state index contributed by atoms with van der Waals surface area (Å²) in [5.41, 5.74) is 1.16. The molecule has 2 aromatic rings. The second-order valence-electron chi connectivity index (χ2n) is 7.84. The van der Waals surface area contributed by atoms with Gasteiger partial charge in [0.2, 0.25) is 0 Å². The molecule has 0 aromatic carbocycles. The van der Waals surface area contributed by atoms with Gasteiger partial charge in [0.25, 0.3) is 0 Å². The summed E-state index contributed by atoms with van der Waals surface area (Å²) in [6.07, 6.45) is -2.31. The summed E-state index contributed by atoms with van der Waals surface area (Å²) in [6, 6.07) is 8.41. The monoisotopic (exact) mass is 542 g/mol. The molecule has 206 valence electrons. The zero-order valence-electron chi connectivity index (χ0n) is 19.1. The van der Waals surface area contributed by atoms with Gasteiger partial charge in [-0.25, -0.2) is 9.59 Å². The predicted molar refractivity (Wildman–Crippen MR) is 112 cm³/mol. The van der Waals surface area contributed by atoms with E-state index >= 15 is 0 Å². The van der Waals surface area contributed by atoms with Crippen LogP contribution in [-0.4, -0.2) is 75.8 Å². The quantitative estimate of drug-likeness (QED) is 0.542. The fourth-order valence-corrected chi connectivity index (χ4v) is 3.65. The van der Waals surface area contributed by atoms with Gasteiger partial charge < -0.3 is 24.1 Å². The molecule has 37 heavy (non-hydrogen) atoms. The standard InChI is InChI=1S/C18H22N2O3.2C2HF3O2/c1-2-15(21-10-1)12-20-9-11-22-18-16(20)3-4-17(18)23-13-14-5-7-19-8-6-14;2*3-2(4,5)1(6)7/h1-2,5-8,10,16-18H,3-4,9,11-13H2;2*(H,6,7)/t16-,17+,18+;;/m0../s1. The van der Waals surface area contributed by atoms with Crippen LogP contribution in [0.2, 0.25) is 0 Å². The molecule has 9 nitrogen and oxygen atoms in total. The van der Waals surface area contributed by atoms with Gasteiger partial charge in [-0.1, -0.05) is 0 Å². The predicted octanol–water partition coefficient (Wildman–Crippen LogP) is 3.89. The first kappa shape index (κ1) is 30.1. The van der Waals surface area contributed by atoms with Gasteiger partial charge >= 0.3 is 24.3 Å². The Morgan fingerprint density at radius 3 is 2.14 bits per heavy atom. The van der Waals surface area contributed by atoms with Crippen molar-refractivity contribution in [3.05, 3.63) is 54.2 Å². The fraction of sp³-hybridized carbons (Fsp3) is 0.500. The molecule has 2 aromatic heterocycles. The molecule has 3 heterocycles. The van der Waals surface area contributed by atoms with Gasteiger partial charge in [-0.3, -0.25) is 9.88 Å². The van der Waals surface area contributed by atoms with Crippen molar-refractivity contribution in [1.29, 1.82) is 0 Å². The van der Waals surface area contributed by atoms with E-state index in [9.17, 15) is 26.3 Å². The lowest BCUT2D eigenvalue weighted by Gasteiger charge is -2.38. The molecule has 0 unspecified atom stereocenters. The summed E-state index contributed by atoms with van der Waals surface area (Å²) in [7, 11) is 0. The topological polar surface area (TPSA) is 122 Å². The molecule has 0 bridgehead atoms. The molecule has 2 aliphatic rings. The van der Waals surface area contributed by atoms with Crippen molar-refractivity contribution in [2.75, 3.05) is 13.2 Å². The van der Waals surface area contributed by atoms with Crippen LogP contribution in [0.3, 0.4) is 0 Å². The lowest BCUT2D eigenvalue weighted by Crippen LogP contribution is -2.51. The zero-order valence-corrected chi connectivity index (χ0v) is 19.1. The molecule has 2 N–H and O–H groups in total. The van der Waals surface area contributed by atoms with Gasteiger partial charge in [0.15, 0.2) is 0 Å². The number of aliphatic carboxylic acids is 2. The second kappa shape index (κ2) is 13.4. The number of carboxylic acid groups (broad SMARTS) is 2. The summed E-state index contributed by atoms with van der Waals surface area (Å²) >= 11 is 0. The number of carboxylic acids is 2. The number of carbonyl (C=O) groups is 2. The van der Waals surface area contributed by atoms with Gasteiger partial charge in [-0.2, -0.15) is 26.3 Å². The summed E-state index contributed by atoms with van der Waals surface area (Å²) < 4.78 is 81.2. The highest BCUT2D eigenvalue weighted by atomic mass is 19.4. The number of hydrogen-bond acceptors (Lipinski definition) is 7. The van der Waals surface area contributed by atoms with E-state index in [-0.39, 0.29) is 12.2 Å². The van der Waals surface area contributed by atoms with Crippen LogP contribution in [0.1, 0.15) is 24.2 Å². The van der Waals surface area contributed by atoms with Gasteiger partial charge in [0.1, 0.15) is 5.76 Å². The van der Waals surface area contributed by atoms with E-state index in [0.29, 0.717) is 12.6 Å². The van der Waals surface area contributed by atoms with Crippen molar-refractivity contribution >= 4 is 11.9 Å². The van der Waals surface area contributed by atoms with Crippen LogP contribution < -0.4 is 0 Å². The number of alkyl halides is 6. The molecule has 1 aliphatic heterocycles. The number of rotatable bonds is 5. The number of pyridine rings is 1. The summed E-state index contributed by atoms with van der Waals surface area (Å²) in [4.78, 5) is 24.3. The normalized spacial score (nSPS) is 21.6. The van der Waals surface area contributed by atoms with E-state index in [2.05, 4.69) is 9.88 Å². The number of hydrogen-bond donors (Lipinski definition) is 2. The molecule has 15 heteroatoms. The molecule has 1 aliphatic carbocycles. The molecule has 2 fully saturated rings. The number of halogens is 6. The van der Waals surface area contributed by atoms with E-state index in [1.165, 1.54) is 0 Å². The summed E-state index contributed by atoms with van der Waals surface area (Å²) in [6.45, 7) is 3.20. The summed E-state index contributed by atoms with van der Waals surface area (Å²) in [5, 5.41) is 14.2. The number of ether oxygens (including phenoxy) is 2. The Bertz CT molecular complexity index is 946. The van der Waals surface area contributed by atoms with Crippen molar-refractivity contribution in [3.63, 3.8) is 0 Å². The molecule has 0 radical (unpaired) electrons. The van der Waals surface area contributed by atoms with E-state index < -0.39 is 24.3 Å². The highest BCUT2D eigenvalue weighted by Gasteiger charge is 2.43. The third-order valence-electron chi connectivity index (χ3n) is 5.29. The minimum atomic E-state index is -5.08. The van der Waals surface area contributed by atoms with Crippen molar-refractivity contribution < 1.29 is 60.0 Å². The first-order valence-corrected chi connectivity index (χ1v) is 10.8. The number of morpholine rings is 1. The maximum absolute atomic E-state index is 10.6. The molecule has 4 rings (SSSR count). The third-order valence-corrected chi connectivity index (χ3v) is 5.29. The van der Waals surface area contributed by atoms with Crippen LogP contribution in [0.15, 0.2) is 47.3 Å². The first-order chi connectivity index (χ1) is 17.3. The molecule has 3 atom stereocenters. The Morgan fingerprint density at radius 1 is 1.03 bits per heavy atom. The van der Waals surface area contributed by atoms with E-state index in [4.69, 9.17) is 33.7 Å². The van der Waals surface area contributed by atoms with Crippen LogP contribution in [0, 0.1) is 0 Å². The maximum Gasteiger partial charge on any atom is 0.490 e. The Balaban J connectivity index is 0.000000286. The van der Waals surface area contributed by atoms with Crippen LogP contribution in [-0.2, 0) is 32.2 Å². The zero-order chi connectivity index (χ0) is 27.6. The third kappa shape index (κ3) is 10.0. The molecule has 0 amide bonds. The maximum atomic E-state index is 10.6. The average Bonchev–Trinajstić information content (AvgIpc) is 3.48. The van der Waals surface area contributed by atoms with Crippen LogP contribution in [0.4, 0.5) is 26.3 Å². The smallest absolute Gasteiger partial charge is 0.475 e.